The van der Waals surface area contributed by atoms with Gasteiger partial charge in [0.15, 0.2) is 0 Å². The molecule has 0 fully saturated rings. The van der Waals surface area contributed by atoms with E-state index < -0.39 is 0 Å². The van der Waals surface area contributed by atoms with Gasteiger partial charge in [0.05, 0.1) is 11.3 Å². The lowest BCUT2D eigenvalue weighted by molar-refractivity contribution is 0.0939. The molecule has 1 unspecified atom stereocenters. The van der Waals surface area contributed by atoms with Crippen molar-refractivity contribution >= 4 is 17.5 Å². The summed E-state index contributed by atoms with van der Waals surface area (Å²) in [7, 11) is 1.70. The largest absolute Gasteiger partial charge is 0.396 e. The summed E-state index contributed by atoms with van der Waals surface area (Å²) in [4.78, 5) is 16.6. The number of rotatable bonds is 7. The van der Waals surface area contributed by atoms with Crippen molar-refractivity contribution in [3.63, 3.8) is 0 Å². The summed E-state index contributed by atoms with van der Waals surface area (Å²) in [6.07, 6.45) is 2.94. The van der Waals surface area contributed by atoms with Crippen molar-refractivity contribution in [2.24, 2.45) is 13.0 Å². The smallest absolute Gasteiger partial charge is 0.256 e. The SMILES string of the molecule is CCc1nn(C)c(Cl)c1C(=O)NCC(CO)Cc1ccccn1. The molecule has 0 radical (unpaired) electrons. The number of aliphatic hydroxyl groups excluding tert-OH is 1. The Bertz CT molecular complexity index is 658. The fourth-order valence-electron chi connectivity index (χ4n) is 2.37. The molecule has 0 aliphatic rings. The van der Waals surface area contributed by atoms with Crippen LogP contribution >= 0.6 is 11.6 Å². The number of aromatic nitrogens is 3. The fourth-order valence-corrected chi connectivity index (χ4v) is 2.60. The number of halogens is 1. The second-order valence-corrected chi connectivity index (χ2v) is 5.73. The molecule has 1 amide bonds. The first-order valence-electron chi connectivity index (χ1n) is 7.57. The van der Waals surface area contributed by atoms with Crippen LogP contribution in [0.15, 0.2) is 24.4 Å². The molecular formula is C16H21ClN4O2. The molecular weight excluding hydrogens is 316 g/mol. The molecule has 0 saturated carbocycles. The van der Waals surface area contributed by atoms with Gasteiger partial charge in [-0.1, -0.05) is 24.6 Å². The van der Waals surface area contributed by atoms with Crippen LogP contribution in [0.3, 0.4) is 0 Å². The third-order valence-corrected chi connectivity index (χ3v) is 4.08. The van der Waals surface area contributed by atoms with Crippen molar-refractivity contribution in [2.75, 3.05) is 13.2 Å². The summed E-state index contributed by atoms with van der Waals surface area (Å²) in [5.74, 6) is -0.367. The zero-order chi connectivity index (χ0) is 16.8. The minimum Gasteiger partial charge on any atom is -0.396 e. The number of carbonyl (C=O) groups is 1. The van der Waals surface area contributed by atoms with Crippen molar-refractivity contribution in [3.8, 4) is 0 Å². The van der Waals surface area contributed by atoms with Gasteiger partial charge in [-0.2, -0.15) is 5.10 Å². The summed E-state index contributed by atoms with van der Waals surface area (Å²) < 4.78 is 1.49. The van der Waals surface area contributed by atoms with E-state index in [2.05, 4.69) is 15.4 Å². The Morgan fingerprint density at radius 3 is 2.87 bits per heavy atom. The molecule has 7 heteroatoms. The van der Waals surface area contributed by atoms with Crippen molar-refractivity contribution in [1.29, 1.82) is 0 Å². The molecule has 124 valence electrons. The molecule has 23 heavy (non-hydrogen) atoms. The number of aryl methyl sites for hydroxylation is 2. The van der Waals surface area contributed by atoms with E-state index >= 15 is 0 Å². The highest BCUT2D eigenvalue weighted by atomic mass is 35.5. The van der Waals surface area contributed by atoms with Crippen LogP contribution in [0, 0.1) is 5.92 Å². The van der Waals surface area contributed by atoms with Crippen molar-refractivity contribution in [3.05, 3.63) is 46.5 Å². The van der Waals surface area contributed by atoms with Crippen molar-refractivity contribution in [2.45, 2.75) is 19.8 Å². The minimum absolute atomic E-state index is 0.0295. The molecule has 0 aliphatic carbocycles. The van der Waals surface area contributed by atoms with Gasteiger partial charge in [-0.25, -0.2) is 0 Å². The summed E-state index contributed by atoms with van der Waals surface area (Å²) >= 11 is 6.15. The minimum atomic E-state index is -0.264. The van der Waals surface area contributed by atoms with E-state index in [-0.39, 0.29) is 18.4 Å². The molecule has 0 aromatic carbocycles. The van der Waals surface area contributed by atoms with E-state index in [9.17, 15) is 9.90 Å². The van der Waals surface area contributed by atoms with Gasteiger partial charge in [-0.15, -0.1) is 0 Å². The maximum absolute atomic E-state index is 12.4. The zero-order valence-electron chi connectivity index (χ0n) is 13.3. The highest BCUT2D eigenvalue weighted by Gasteiger charge is 2.21. The van der Waals surface area contributed by atoms with Gasteiger partial charge in [-0.05, 0) is 25.0 Å². The summed E-state index contributed by atoms with van der Waals surface area (Å²) in [5, 5.41) is 16.9. The predicted octanol–water partition coefficient (Wildman–Crippen LogP) is 1.61. The normalized spacial score (nSPS) is 12.2. The topological polar surface area (TPSA) is 80.0 Å². The van der Waals surface area contributed by atoms with Crippen molar-refractivity contribution in [1.82, 2.24) is 20.1 Å². The van der Waals surface area contributed by atoms with Crippen LogP contribution in [0.5, 0.6) is 0 Å². The van der Waals surface area contributed by atoms with Gasteiger partial charge >= 0.3 is 0 Å². The molecule has 2 aromatic heterocycles. The highest BCUT2D eigenvalue weighted by Crippen LogP contribution is 2.19. The number of carbonyl (C=O) groups excluding carboxylic acids is 1. The van der Waals surface area contributed by atoms with Crippen LogP contribution in [0.25, 0.3) is 0 Å². The van der Waals surface area contributed by atoms with Gasteiger partial charge in [0, 0.05) is 38.0 Å². The van der Waals surface area contributed by atoms with Crippen LogP contribution in [-0.2, 0) is 19.9 Å². The van der Waals surface area contributed by atoms with E-state index in [4.69, 9.17) is 11.6 Å². The number of hydrogen-bond acceptors (Lipinski definition) is 4. The lowest BCUT2D eigenvalue weighted by Crippen LogP contribution is -2.32. The monoisotopic (exact) mass is 336 g/mol. The highest BCUT2D eigenvalue weighted by molar-refractivity contribution is 6.33. The van der Waals surface area contributed by atoms with Gasteiger partial charge in [0.1, 0.15) is 5.15 Å². The number of aliphatic hydroxyl groups is 1. The molecule has 0 aliphatic heterocycles. The molecule has 0 saturated heterocycles. The van der Waals surface area contributed by atoms with Gasteiger partial charge in [0.25, 0.3) is 5.91 Å². The lowest BCUT2D eigenvalue weighted by atomic mass is 10.0. The first-order valence-corrected chi connectivity index (χ1v) is 7.94. The first kappa shape index (κ1) is 17.4. The van der Waals surface area contributed by atoms with E-state index in [1.54, 1.807) is 13.2 Å². The summed E-state index contributed by atoms with van der Waals surface area (Å²) in [6, 6.07) is 5.64. The van der Waals surface area contributed by atoms with E-state index in [0.717, 1.165) is 5.69 Å². The third kappa shape index (κ3) is 4.30. The standard InChI is InChI=1S/C16H21ClN4O2/c1-3-13-14(15(17)21(2)20-13)16(23)19-9-11(10-22)8-12-6-4-5-7-18-12/h4-7,11,22H,3,8-10H2,1-2H3,(H,19,23). The molecule has 2 aromatic rings. The molecule has 2 N–H and O–H groups in total. The quantitative estimate of drug-likeness (QED) is 0.805. The van der Waals surface area contributed by atoms with Crippen molar-refractivity contribution < 1.29 is 9.90 Å². The Hall–Kier alpha value is -1.92. The molecule has 0 bridgehead atoms. The zero-order valence-corrected chi connectivity index (χ0v) is 14.0. The average molecular weight is 337 g/mol. The van der Waals surface area contributed by atoms with Crippen LogP contribution in [0.1, 0.15) is 28.7 Å². The Morgan fingerprint density at radius 1 is 1.48 bits per heavy atom. The Balaban J connectivity index is 2.00. The number of nitrogens with zero attached hydrogens (tertiary/aromatic N) is 3. The molecule has 2 rings (SSSR count). The van der Waals surface area contributed by atoms with Crippen LogP contribution < -0.4 is 5.32 Å². The lowest BCUT2D eigenvalue weighted by Gasteiger charge is -2.14. The van der Waals surface area contributed by atoms with E-state index in [0.29, 0.717) is 35.8 Å². The Kier molecular flexibility index (Phi) is 6.12. The molecule has 1 atom stereocenters. The van der Waals surface area contributed by atoms with Crippen LogP contribution in [0.2, 0.25) is 5.15 Å². The Morgan fingerprint density at radius 2 is 2.26 bits per heavy atom. The average Bonchev–Trinajstić information content (AvgIpc) is 2.86. The first-order chi connectivity index (χ1) is 11.1. The third-order valence-electron chi connectivity index (χ3n) is 3.65. The fraction of sp³-hybridized carbons (Fsp3) is 0.438. The molecule has 0 spiro atoms. The summed E-state index contributed by atoms with van der Waals surface area (Å²) in [5.41, 5.74) is 1.96. The second-order valence-electron chi connectivity index (χ2n) is 5.37. The number of hydrogen-bond donors (Lipinski definition) is 2. The molecule has 6 nitrogen and oxygen atoms in total. The van der Waals surface area contributed by atoms with Gasteiger partial charge in [0.2, 0.25) is 0 Å². The summed E-state index contributed by atoms with van der Waals surface area (Å²) in [6.45, 7) is 2.24. The Labute approximate surface area is 140 Å². The molecule has 2 heterocycles. The maximum atomic E-state index is 12.4. The second kappa shape index (κ2) is 8.08. The number of pyridine rings is 1. The van der Waals surface area contributed by atoms with Gasteiger partial charge < -0.3 is 10.4 Å². The number of nitrogens with one attached hydrogen (secondary N) is 1. The van der Waals surface area contributed by atoms with Gasteiger partial charge in [-0.3, -0.25) is 14.5 Å². The number of amides is 1. The van der Waals surface area contributed by atoms with Crippen LogP contribution in [0.4, 0.5) is 0 Å². The van der Waals surface area contributed by atoms with E-state index in [1.165, 1.54) is 4.68 Å². The predicted molar refractivity (Wildman–Crippen MR) is 88.4 cm³/mol. The maximum Gasteiger partial charge on any atom is 0.256 e. The van der Waals surface area contributed by atoms with E-state index in [1.807, 2.05) is 25.1 Å². The van der Waals surface area contributed by atoms with Crippen LogP contribution in [-0.4, -0.2) is 38.9 Å².